The van der Waals surface area contributed by atoms with Gasteiger partial charge in [0.1, 0.15) is 12.1 Å². The second-order valence-electron chi connectivity index (χ2n) is 7.15. The fourth-order valence-electron chi connectivity index (χ4n) is 4.12. The molecule has 0 bridgehead atoms. The Kier molecular flexibility index (Phi) is 3.98. The first kappa shape index (κ1) is 16.2. The first-order chi connectivity index (χ1) is 13.3. The summed E-state index contributed by atoms with van der Waals surface area (Å²) in [5, 5.41) is 11.8. The normalized spacial score (nSPS) is 15.6. The van der Waals surface area contributed by atoms with Gasteiger partial charge in [0.15, 0.2) is 5.65 Å². The van der Waals surface area contributed by atoms with E-state index in [1.165, 1.54) is 16.3 Å². The van der Waals surface area contributed by atoms with Gasteiger partial charge in [0, 0.05) is 6.42 Å². The number of fused-ring (bicyclic) bond motifs is 2. The van der Waals surface area contributed by atoms with Gasteiger partial charge in [-0.1, -0.05) is 42.5 Å². The SMILES string of the molecule is Nc1ncnc2c1c(Cc1cccc3ccccc13)nn2C1CCNCC1. The van der Waals surface area contributed by atoms with Crippen LogP contribution < -0.4 is 11.1 Å². The van der Waals surface area contributed by atoms with Crippen molar-refractivity contribution in [1.29, 1.82) is 0 Å². The average molecular weight is 358 g/mol. The molecule has 1 saturated heterocycles. The molecule has 1 aliphatic rings. The van der Waals surface area contributed by atoms with Crippen LogP contribution in [0.3, 0.4) is 0 Å². The highest BCUT2D eigenvalue weighted by Gasteiger charge is 2.23. The van der Waals surface area contributed by atoms with Crippen molar-refractivity contribution in [1.82, 2.24) is 25.1 Å². The molecule has 0 saturated carbocycles. The number of piperidine rings is 1. The number of rotatable bonds is 3. The van der Waals surface area contributed by atoms with Gasteiger partial charge in [0.25, 0.3) is 0 Å². The number of nitrogens with one attached hydrogen (secondary N) is 1. The summed E-state index contributed by atoms with van der Waals surface area (Å²) in [6.45, 7) is 2.01. The number of aromatic nitrogens is 4. The Balaban J connectivity index is 1.64. The predicted octanol–water partition coefficient (Wildman–Crippen LogP) is 3.08. The van der Waals surface area contributed by atoms with Crippen LogP contribution in [0.1, 0.15) is 30.1 Å². The second kappa shape index (κ2) is 6.63. The van der Waals surface area contributed by atoms with Gasteiger partial charge in [0.05, 0.1) is 17.1 Å². The number of nitrogens with zero attached hydrogens (tertiary/aromatic N) is 4. The first-order valence-corrected chi connectivity index (χ1v) is 9.46. The Morgan fingerprint density at radius 2 is 1.85 bits per heavy atom. The van der Waals surface area contributed by atoms with Crippen molar-refractivity contribution in [2.75, 3.05) is 18.8 Å². The van der Waals surface area contributed by atoms with E-state index in [0.29, 0.717) is 18.3 Å². The fourth-order valence-corrected chi connectivity index (χ4v) is 4.12. The van der Waals surface area contributed by atoms with Gasteiger partial charge in [0.2, 0.25) is 0 Å². The maximum absolute atomic E-state index is 6.25. The highest BCUT2D eigenvalue weighted by Crippen LogP contribution is 2.30. The molecule has 5 rings (SSSR count). The lowest BCUT2D eigenvalue weighted by Gasteiger charge is -2.23. The molecular weight excluding hydrogens is 336 g/mol. The van der Waals surface area contributed by atoms with Crippen molar-refractivity contribution in [3.05, 3.63) is 60.0 Å². The lowest BCUT2D eigenvalue weighted by Crippen LogP contribution is -2.30. The minimum atomic E-state index is 0.351. The van der Waals surface area contributed by atoms with Crippen molar-refractivity contribution >= 4 is 27.6 Å². The molecule has 136 valence electrons. The number of hydrogen-bond acceptors (Lipinski definition) is 5. The molecule has 0 unspecified atom stereocenters. The highest BCUT2D eigenvalue weighted by molar-refractivity contribution is 5.90. The van der Waals surface area contributed by atoms with Gasteiger partial charge in [-0.3, -0.25) is 0 Å². The molecule has 2 aromatic carbocycles. The topological polar surface area (TPSA) is 81.7 Å². The molecule has 1 aliphatic heterocycles. The minimum Gasteiger partial charge on any atom is -0.383 e. The Bertz CT molecular complexity index is 1110. The molecule has 6 heteroatoms. The molecule has 2 aromatic heterocycles. The third-order valence-electron chi connectivity index (χ3n) is 5.48. The number of benzene rings is 2. The summed E-state index contributed by atoms with van der Waals surface area (Å²) in [6.07, 6.45) is 4.36. The van der Waals surface area contributed by atoms with Crippen LogP contribution in [0.4, 0.5) is 5.82 Å². The number of hydrogen-bond donors (Lipinski definition) is 2. The Hall–Kier alpha value is -2.99. The lowest BCUT2D eigenvalue weighted by atomic mass is 10.0. The van der Waals surface area contributed by atoms with Crippen LogP contribution >= 0.6 is 0 Å². The van der Waals surface area contributed by atoms with Crippen molar-refractivity contribution in [2.24, 2.45) is 0 Å². The van der Waals surface area contributed by atoms with Crippen LogP contribution in [0.15, 0.2) is 48.8 Å². The van der Waals surface area contributed by atoms with E-state index in [-0.39, 0.29) is 0 Å². The molecule has 0 spiro atoms. The third kappa shape index (κ3) is 2.82. The van der Waals surface area contributed by atoms with Crippen LogP contribution in [0.25, 0.3) is 21.8 Å². The van der Waals surface area contributed by atoms with Gasteiger partial charge in [-0.2, -0.15) is 5.10 Å². The van der Waals surface area contributed by atoms with Gasteiger partial charge >= 0.3 is 0 Å². The maximum atomic E-state index is 6.25. The van der Waals surface area contributed by atoms with E-state index in [1.54, 1.807) is 6.33 Å². The lowest BCUT2D eigenvalue weighted by molar-refractivity contribution is 0.348. The van der Waals surface area contributed by atoms with Crippen LogP contribution in [-0.2, 0) is 6.42 Å². The second-order valence-corrected chi connectivity index (χ2v) is 7.15. The number of nitrogens with two attached hydrogens (primary N) is 1. The van der Waals surface area contributed by atoms with E-state index in [2.05, 4.69) is 62.4 Å². The standard InChI is InChI=1S/C21H22N6/c22-20-19-18(12-15-6-3-5-14-4-1-2-7-17(14)15)26-27(21(19)25-13-24-20)16-8-10-23-11-9-16/h1-7,13,16,23H,8-12H2,(H2,22,24,25). The number of nitrogen functional groups attached to an aromatic ring is 1. The van der Waals surface area contributed by atoms with Crippen LogP contribution in [0, 0.1) is 0 Å². The van der Waals surface area contributed by atoms with Gasteiger partial charge < -0.3 is 11.1 Å². The molecule has 0 radical (unpaired) electrons. The number of anilines is 1. The molecule has 0 amide bonds. The highest BCUT2D eigenvalue weighted by atomic mass is 15.3. The van der Waals surface area contributed by atoms with E-state index in [4.69, 9.17) is 10.8 Å². The molecular formula is C21H22N6. The zero-order valence-corrected chi connectivity index (χ0v) is 15.1. The minimum absolute atomic E-state index is 0.351. The zero-order valence-electron chi connectivity index (χ0n) is 15.1. The molecule has 0 atom stereocenters. The van der Waals surface area contributed by atoms with E-state index in [1.807, 2.05) is 0 Å². The Labute approximate surface area is 157 Å². The molecule has 4 aromatic rings. The smallest absolute Gasteiger partial charge is 0.163 e. The summed E-state index contributed by atoms with van der Waals surface area (Å²) in [7, 11) is 0. The van der Waals surface area contributed by atoms with Crippen molar-refractivity contribution < 1.29 is 0 Å². The molecule has 0 aliphatic carbocycles. The van der Waals surface area contributed by atoms with E-state index < -0.39 is 0 Å². The summed E-state index contributed by atoms with van der Waals surface area (Å²) < 4.78 is 2.08. The molecule has 27 heavy (non-hydrogen) atoms. The summed E-state index contributed by atoms with van der Waals surface area (Å²) >= 11 is 0. The van der Waals surface area contributed by atoms with Crippen LogP contribution in [0.2, 0.25) is 0 Å². The third-order valence-corrected chi connectivity index (χ3v) is 5.48. The Morgan fingerprint density at radius 3 is 2.74 bits per heavy atom. The van der Waals surface area contributed by atoms with Crippen molar-refractivity contribution in [3.8, 4) is 0 Å². The summed E-state index contributed by atoms with van der Waals surface area (Å²) in [4.78, 5) is 8.76. The van der Waals surface area contributed by atoms with Crippen LogP contribution in [0.5, 0.6) is 0 Å². The van der Waals surface area contributed by atoms with Gasteiger partial charge in [-0.05, 0) is 42.3 Å². The van der Waals surface area contributed by atoms with Gasteiger partial charge in [-0.15, -0.1) is 0 Å². The van der Waals surface area contributed by atoms with Crippen molar-refractivity contribution in [2.45, 2.75) is 25.3 Å². The first-order valence-electron chi connectivity index (χ1n) is 9.46. The van der Waals surface area contributed by atoms with E-state index >= 15 is 0 Å². The fraction of sp³-hybridized carbons (Fsp3) is 0.286. The predicted molar refractivity (Wildman–Crippen MR) is 108 cm³/mol. The molecule has 1 fully saturated rings. The summed E-state index contributed by atoms with van der Waals surface area (Å²) in [5.41, 5.74) is 9.30. The van der Waals surface area contributed by atoms with E-state index in [9.17, 15) is 0 Å². The maximum Gasteiger partial charge on any atom is 0.163 e. The molecule has 6 nitrogen and oxygen atoms in total. The Morgan fingerprint density at radius 1 is 1.04 bits per heavy atom. The van der Waals surface area contributed by atoms with Crippen LogP contribution in [-0.4, -0.2) is 32.8 Å². The van der Waals surface area contributed by atoms with Gasteiger partial charge in [-0.25, -0.2) is 14.6 Å². The monoisotopic (exact) mass is 358 g/mol. The average Bonchev–Trinajstić information content (AvgIpc) is 3.09. The summed E-state index contributed by atoms with van der Waals surface area (Å²) in [6, 6.07) is 15.2. The summed E-state index contributed by atoms with van der Waals surface area (Å²) in [5.74, 6) is 0.510. The van der Waals surface area contributed by atoms with E-state index in [0.717, 1.165) is 42.7 Å². The zero-order chi connectivity index (χ0) is 18.2. The largest absolute Gasteiger partial charge is 0.383 e. The van der Waals surface area contributed by atoms with Crippen molar-refractivity contribution in [3.63, 3.8) is 0 Å². The molecule has 3 heterocycles. The quantitative estimate of drug-likeness (QED) is 0.588. The molecule has 3 N–H and O–H groups in total.